The van der Waals surface area contributed by atoms with Crippen LogP contribution >= 0.6 is 0 Å². The minimum atomic E-state index is -0.101. The largest absolute Gasteiger partial charge is 0.387 e. The number of hydrogen-bond acceptors (Lipinski definition) is 2. The van der Waals surface area contributed by atoms with Crippen molar-refractivity contribution in [2.45, 2.75) is 13.8 Å². The fourth-order valence-electron chi connectivity index (χ4n) is 1.06. The molecular weight excluding hydrogens is 178 g/mol. The zero-order valence-corrected chi connectivity index (χ0v) is 8.24. The summed E-state index contributed by atoms with van der Waals surface area (Å²) < 4.78 is 0. The van der Waals surface area contributed by atoms with Crippen molar-refractivity contribution < 1.29 is 4.79 Å². The van der Waals surface area contributed by atoms with Crippen LogP contribution in [-0.4, -0.2) is 11.7 Å². The van der Waals surface area contributed by atoms with Gasteiger partial charge in [0.05, 0.1) is 11.5 Å². The van der Waals surface area contributed by atoms with Crippen molar-refractivity contribution in [3.63, 3.8) is 0 Å². The molecule has 0 aliphatic heterocycles. The number of amidine groups is 1. The third kappa shape index (κ3) is 3.26. The smallest absolute Gasteiger partial charge is 0.221 e. The molecule has 0 bridgehead atoms. The molecule has 0 aliphatic rings. The van der Waals surface area contributed by atoms with E-state index in [-0.39, 0.29) is 5.91 Å². The quantitative estimate of drug-likeness (QED) is 0.551. The van der Waals surface area contributed by atoms with Crippen molar-refractivity contribution in [2.75, 3.05) is 5.32 Å². The molecule has 0 spiro atoms. The molecule has 0 saturated heterocycles. The third-order valence-corrected chi connectivity index (χ3v) is 1.47. The summed E-state index contributed by atoms with van der Waals surface area (Å²) in [5.41, 5.74) is 6.89. The molecule has 0 fully saturated rings. The molecule has 1 aromatic carbocycles. The Balaban J connectivity index is 2.89. The predicted octanol–water partition coefficient (Wildman–Crippen LogP) is 1.65. The highest BCUT2D eigenvalue weighted by atomic mass is 16.1. The van der Waals surface area contributed by atoms with Gasteiger partial charge in [-0.05, 0) is 25.1 Å². The number of nitrogens with zero attached hydrogens (tertiary/aromatic N) is 1. The number of amides is 1. The Morgan fingerprint density at radius 2 is 2.14 bits per heavy atom. The molecule has 0 saturated carbocycles. The van der Waals surface area contributed by atoms with E-state index in [0.717, 1.165) is 11.4 Å². The summed E-state index contributed by atoms with van der Waals surface area (Å²) in [5.74, 6) is 0.389. The minimum Gasteiger partial charge on any atom is -0.387 e. The van der Waals surface area contributed by atoms with Crippen molar-refractivity contribution in [1.82, 2.24) is 0 Å². The Hall–Kier alpha value is -1.84. The van der Waals surface area contributed by atoms with Crippen LogP contribution in [0.4, 0.5) is 11.4 Å². The summed E-state index contributed by atoms with van der Waals surface area (Å²) in [5, 5.41) is 2.67. The van der Waals surface area contributed by atoms with E-state index in [9.17, 15) is 4.79 Å². The van der Waals surface area contributed by atoms with Gasteiger partial charge in [-0.3, -0.25) is 4.79 Å². The Bertz CT molecular complexity index is 367. The molecule has 0 radical (unpaired) electrons. The number of nitrogens with one attached hydrogen (secondary N) is 1. The lowest BCUT2D eigenvalue weighted by Crippen LogP contribution is -2.06. The molecule has 1 amide bonds. The Kier molecular flexibility index (Phi) is 3.23. The van der Waals surface area contributed by atoms with Crippen LogP contribution in [0.2, 0.25) is 0 Å². The lowest BCUT2D eigenvalue weighted by atomic mass is 10.3. The summed E-state index contributed by atoms with van der Waals surface area (Å²) >= 11 is 0. The van der Waals surface area contributed by atoms with Crippen LogP contribution < -0.4 is 11.1 Å². The molecule has 1 aromatic rings. The maximum absolute atomic E-state index is 10.8. The summed E-state index contributed by atoms with van der Waals surface area (Å²) in [7, 11) is 0. The normalized spacial score (nSPS) is 11.1. The third-order valence-electron chi connectivity index (χ3n) is 1.47. The summed E-state index contributed by atoms with van der Waals surface area (Å²) in [4.78, 5) is 14.8. The van der Waals surface area contributed by atoms with E-state index in [1.807, 2.05) is 12.1 Å². The number of carbonyl (C=O) groups is 1. The van der Waals surface area contributed by atoms with Crippen LogP contribution in [0.1, 0.15) is 13.8 Å². The van der Waals surface area contributed by atoms with Gasteiger partial charge in [0, 0.05) is 12.6 Å². The van der Waals surface area contributed by atoms with Gasteiger partial charge in [-0.1, -0.05) is 6.07 Å². The SMILES string of the molecule is CC(=O)Nc1cccc(N=C(C)N)c1. The van der Waals surface area contributed by atoms with E-state index in [4.69, 9.17) is 5.73 Å². The number of benzene rings is 1. The molecule has 74 valence electrons. The fraction of sp³-hybridized carbons (Fsp3) is 0.200. The van der Waals surface area contributed by atoms with Gasteiger partial charge < -0.3 is 11.1 Å². The monoisotopic (exact) mass is 191 g/mol. The maximum Gasteiger partial charge on any atom is 0.221 e. The number of rotatable bonds is 2. The second kappa shape index (κ2) is 4.41. The number of nitrogens with two attached hydrogens (primary N) is 1. The van der Waals surface area contributed by atoms with Gasteiger partial charge in [-0.15, -0.1) is 0 Å². The molecule has 1 rings (SSSR count). The molecule has 0 aromatic heterocycles. The second-order valence-electron chi connectivity index (χ2n) is 2.98. The van der Waals surface area contributed by atoms with Gasteiger partial charge in [-0.25, -0.2) is 4.99 Å². The zero-order valence-electron chi connectivity index (χ0n) is 8.24. The number of carbonyl (C=O) groups excluding carboxylic acids is 1. The maximum atomic E-state index is 10.8. The first kappa shape index (κ1) is 10.2. The molecule has 0 atom stereocenters. The number of hydrogen-bond donors (Lipinski definition) is 2. The van der Waals surface area contributed by atoms with Crippen molar-refractivity contribution in [3.05, 3.63) is 24.3 Å². The summed E-state index contributed by atoms with van der Waals surface area (Å²) in [6.07, 6.45) is 0. The van der Waals surface area contributed by atoms with Crippen LogP contribution in [0.15, 0.2) is 29.3 Å². The van der Waals surface area contributed by atoms with Gasteiger partial charge in [-0.2, -0.15) is 0 Å². The topological polar surface area (TPSA) is 67.5 Å². The molecular formula is C10H13N3O. The van der Waals surface area contributed by atoms with Gasteiger partial charge in [0.1, 0.15) is 0 Å². The highest BCUT2D eigenvalue weighted by molar-refractivity contribution is 5.89. The van der Waals surface area contributed by atoms with Crippen LogP contribution in [-0.2, 0) is 4.79 Å². The molecule has 3 N–H and O–H groups in total. The van der Waals surface area contributed by atoms with Crippen LogP contribution in [0.5, 0.6) is 0 Å². The molecule has 0 unspecified atom stereocenters. The number of anilines is 1. The predicted molar refractivity (Wildman–Crippen MR) is 57.7 cm³/mol. The average molecular weight is 191 g/mol. The van der Waals surface area contributed by atoms with Crippen molar-refractivity contribution in [3.8, 4) is 0 Å². The standard InChI is InChI=1S/C10H13N3O/c1-7(11)12-9-4-3-5-10(6-9)13-8(2)14/h3-6H,1-2H3,(H2,11,12)(H,13,14). The van der Waals surface area contributed by atoms with E-state index in [2.05, 4.69) is 10.3 Å². The Morgan fingerprint density at radius 1 is 1.43 bits per heavy atom. The molecule has 14 heavy (non-hydrogen) atoms. The fourth-order valence-corrected chi connectivity index (χ4v) is 1.06. The molecule has 4 nitrogen and oxygen atoms in total. The van der Waals surface area contributed by atoms with Crippen molar-refractivity contribution in [1.29, 1.82) is 0 Å². The highest BCUT2D eigenvalue weighted by Gasteiger charge is 1.96. The summed E-state index contributed by atoms with van der Waals surface area (Å²) in [6.45, 7) is 3.18. The lowest BCUT2D eigenvalue weighted by molar-refractivity contribution is -0.114. The van der Waals surface area contributed by atoms with Gasteiger partial charge in [0.2, 0.25) is 5.91 Å². The first-order valence-electron chi connectivity index (χ1n) is 4.26. The van der Waals surface area contributed by atoms with E-state index >= 15 is 0 Å². The van der Waals surface area contributed by atoms with Crippen molar-refractivity contribution >= 4 is 23.1 Å². The molecule has 0 heterocycles. The second-order valence-corrected chi connectivity index (χ2v) is 2.98. The van der Waals surface area contributed by atoms with Gasteiger partial charge >= 0.3 is 0 Å². The van der Waals surface area contributed by atoms with Crippen LogP contribution in [0.25, 0.3) is 0 Å². The van der Waals surface area contributed by atoms with Crippen LogP contribution in [0, 0.1) is 0 Å². The Labute approximate surface area is 82.8 Å². The minimum absolute atomic E-state index is 0.101. The molecule has 0 aliphatic carbocycles. The summed E-state index contributed by atoms with van der Waals surface area (Å²) in [6, 6.07) is 7.19. The van der Waals surface area contributed by atoms with Crippen LogP contribution in [0.3, 0.4) is 0 Å². The Morgan fingerprint density at radius 3 is 2.71 bits per heavy atom. The van der Waals surface area contributed by atoms with Crippen molar-refractivity contribution in [2.24, 2.45) is 10.7 Å². The van der Waals surface area contributed by atoms with E-state index < -0.39 is 0 Å². The average Bonchev–Trinajstić information content (AvgIpc) is 2.01. The molecule has 4 heteroatoms. The first-order chi connectivity index (χ1) is 6.58. The van der Waals surface area contributed by atoms with Gasteiger partial charge in [0.25, 0.3) is 0 Å². The van der Waals surface area contributed by atoms with Gasteiger partial charge in [0.15, 0.2) is 0 Å². The number of aliphatic imine (C=N–C) groups is 1. The highest BCUT2D eigenvalue weighted by Crippen LogP contribution is 2.17. The van der Waals surface area contributed by atoms with E-state index in [1.165, 1.54) is 6.92 Å². The van der Waals surface area contributed by atoms with E-state index in [1.54, 1.807) is 19.1 Å². The lowest BCUT2D eigenvalue weighted by Gasteiger charge is -2.02. The zero-order chi connectivity index (χ0) is 10.6. The first-order valence-corrected chi connectivity index (χ1v) is 4.26. The van der Waals surface area contributed by atoms with E-state index in [0.29, 0.717) is 5.84 Å².